The molecule has 1 N–H and O–H groups in total. The third-order valence-corrected chi connectivity index (χ3v) is 4.65. The van der Waals surface area contributed by atoms with Crippen LogP contribution in [0.4, 0.5) is 0 Å². The largest absolute Gasteiger partial charge is 0.481 e. The number of nitrogens with zero attached hydrogens (tertiary/aromatic N) is 1. The highest BCUT2D eigenvalue weighted by Gasteiger charge is 2.37. The zero-order chi connectivity index (χ0) is 20.7. The highest BCUT2D eigenvalue weighted by atomic mass is 16.5. The minimum Gasteiger partial charge on any atom is -0.481 e. The first-order chi connectivity index (χ1) is 13.3. The zero-order valence-corrected chi connectivity index (χ0v) is 17.1. The number of benzene rings is 1. The van der Waals surface area contributed by atoms with Crippen LogP contribution in [-0.4, -0.2) is 54.5 Å². The van der Waals surface area contributed by atoms with Gasteiger partial charge in [-0.05, 0) is 37.0 Å². The normalized spacial score (nSPS) is 17.8. The first-order valence-electron chi connectivity index (χ1n) is 9.83. The third-order valence-electron chi connectivity index (χ3n) is 4.65. The monoisotopic (exact) mass is 390 g/mol. The fraction of sp³-hybridized carbons (Fsp3) is 0.571. The molecule has 1 saturated heterocycles. The molecule has 7 heteroatoms. The minimum atomic E-state index is -0.875. The Morgan fingerprint density at radius 3 is 2.50 bits per heavy atom. The van der Waals surface area contributed by atoms with E-state index >= 15 is 0 Å². The summed E-state index contributed by atoms with van der Waals surface area (Å²) in [6.45, 7) is 8.73. The van der Waals surface area contributed by atoms with E-state index in [9.17, 15) is 14.4 Å². The summed E-state index contributed by atoms with van der Waals surface area (Å²) in [5, 5.41) is 2.70. The molecule has 2 amide bonds. The summed E-state index contributed by atoms with van der Waals surface area (Å²) in [6, 6.07) is 6.74. The second kappa shape index (κ2) is 10.1. The summed E-state index contributed by atoms with van der Waals surface area (Å²) in [5.74, 6) is -0.157. The summed E-state index contributed by atoms with van der Waals surface area (Å²) in [4.78, 5) is 38.5. The number of carbonyl (C=O) groups is 3. The first kappa shape index (κ1) is 21.7. The molecule has 0 radical (unpaired) electrons. The van der Waals surface area contributed by atoms with Crippen molar-refractivity contribution in [3.8, 4) is 5.75 Å². The Kier molecular flexibility index (Phi) is 7.84. The van der Waals surface area contributed by atoms with Crippen LogP contribution in [0.1, 0.15) is 52.0 Å². The van der Waals surface area contributed by atoms with Crippen molar-refractivity contribution in [1.82, 2.24) is 10.2 Å². The van der Waals surface area contributed by atoms with Crippen LogP contribution in [0, 0.1) is 0 Å². The minimum absolute atomic E-state index is 0.159. The maximum absolute atomic E-state index is 12.9. The van der Waals surface area contributed by atoms with Crippen molar-refractivity contribution >= 4 is 17.8 Å². The standard InChI is InChI=1S/C21H30N2O5/c1-5-12-27-19(24)13-18-20(25)22-10-11-23(18)21(26)15(4)28-17-8-6-16(7-9-17)14(2)3/h6-9,14-15,18H,5,10-13H2,1-4H3,(H,22,25)/t15-,18+/m0/s1. The van der Waals surface area contributed by atoms with Crippen molar-refractivity contribution in [1.29, 1.82) is 0 Å². The zero-order valence-electron chi connectivity index (χ0n) is 17.1. The van der Waals surface area contributed by atoms with Crippen LogP contribution in [-0.2, 0) is 19.1 Å². The highest BCUT2D eigenvalue weighted by Crippen LogP contribution is 2.20. The molecule has 0 aliphatic carbocycles. The molecule has 1 aromatic rings. The van der Waals surface area contributed by atoms with Crippen LogP contribution in [0.5, 0.6) is 5.75 Å². The molecule has 154 valence electrons. The van der Waals surface area contributed by atoms with Gasteiger partial charge < -0.3 is 19.7 Å². The topological polar surface area (TPSA) is 84.9 Å². The lowest BCUT2D eigenvalue weighted by molar-refractivity contribution is -0.154. The number of carbonyl (C=O) groups excluding carboxylic acids is 3. The van der Waals surface area contributed by atoms with Crippen LogP contribution in [0.15, 0.2) is 24.3 Å². The van der Waals surface area contributed by atoms with Gasteiger partial charge in [0, 0.05) is 13.1 Å². The Morgan fingerprint density at radius 1 is 1.21 bits per heavy atom. The number of ether oxygens (including phenoxy) is 2. The van der Waals surface area contributed by atoms with Crippen molar-refractivity contribution in [2.24, 2.45) is 0 Å². The molecule has 0 saturated carbocycles. The van der Waals surface area contributed by atoms with Crippen molar-refractivity contribution < 1.29 is 23.9 Å². The lowest BCUT2D eigenvalue weighted by Crippen LogP contribution is -2.60. The second-order valence-electron chi connectivity index (χ2n) is 7.25. The number of nitrogens with one attached hydrogen (secondary N) is 1. The van der Waals surface area contributed by atoms with Gasteiger partial charge in [0.25, 0.3) is 5.91 Å². The molecule has 2 atom stereocenters. The fourth-order valence-electron chi connectivity index (χ4n) is 3.03. The van der Waals surface area contributed by atoms with Gasteiger partial charge in [0.05, 0.1) is 13.0 Å². The molecule has 0 bridgehead atoms. The van der Waals surface area contributed by atoms with Crippen LogP contribution in [0.2, 0.25) is 0 Å². The highest BCUT2D eigenvalue weighted by molar-refractivity contribution is 5.93. The Labute approximate surface area is 166 Å². The van der Waals surface area contributed by atoms with Gasteiger partial charge in [-0.1, -0.05) is 32.9 Å². The summed E-state index contributed by atoms with van der Waals surface area (Å²) in [7, 11) is 0. The first-order valence-corrected chi connectivity index (χ1v) is 9.83. The predicted molar refractivity (Wildman–Crippen MR) is 105 cm³/mol. The van der Waals surface area contributed by atoms with Gasteiger partial charge >= 0.3 is 5.97 Å². The maximum atomic E-state index is 12.9. The SMILES string of the molecule is CCCOC(=O)C[C@@H]1C(=O)NCCN1C(=O)[C@H](C)Oc1ccc(C(C)C)cc1. The van der Waals surface area contributed by atoms with E-state index in [-0.39, 0.29) is 18.2 Å². The van der Waals surface area contributed by atoms with Crippen LogP contribution in [0.25, 0.3) is 0 Å². The molecule has 1 heterocycles. The smallest absolute Gasteiger partial charge is 0.308 e. The quantitative estimate of drug-likeness (QED) is 0.688. The number of amides is 2. The molecule has 1 aliphatic rings. The number of rotatable bonds is 8. The molecular formula is C21H30N2O5. The van der Waals surface area contributed by atoms with Crippen LogP contribution < -0.4 is 10.1 Å². The predicted octanol–water partition coefficient (Wildman–Crippen LogP) is 2.25. The fourth-order valence-corrected chi connectivity index (χ4v) is 3.03. The third kappa shape index (κ3) is 5.71. The van der Waals surface area contributed by atoms with Gasteiger partial charge in [-0.25, -0.2) is 0 Å². The molecule has 1 aliphatic heterocycles. The van der Waals surface area contributed by atoms with Crippen molar-refractivity contribution in [3.05, 3.63) is 29.8 Å². The summed E-state index contributed by atoms with van der Waals surface area (Å²) < 4.78 is 10.8. The van der Waals surface area contributed by atoms with Crippen LogP contribution in [0.3, 0.4) is 0 Å². The van der Waals surface area contributed by atoms with Crippen molar-refractivity contribution in [2.75, 3.05) is 19.7 Å². The van der Waals surface area contributed by atoms with Gasteiger partial charge in [0.1, 0.15) is 11.8 Å². The maximum Gasteiger partial charge on any atom is 0.308 e. The van der Waals surface area contributed by atoms with E-state index in [1.54, 1.807) is 6.92 Å². The molecule has 1 aromatic carbocycles. The molecule has 7 nitrogen and oxygen atoms in total. The number of piperazine rings is 1. The molecule has 0 aromatic heterocycles. The van der Waals surface area contributed by atoms with Gasteiger partial charge in [0.2, 0.25) is 5.91 Å². The van der Waals surface area contributed by atoms with E-state index in [0.717, 1.165) is 0 Å². The second-order valence-corrected chi connectivity index (χ2v) is 7.25. The molecular weight excluding hydrogens is 360 g/mol. The molecule has 1 fully saturated rings. The molecule has 0 unspecified atom stereocenters. The lowest BCUT2D eigenvalue weighted by atomic mass is 10.0. The number of esters is 1. The van der Waals surface area contributed by atoms with E-state index in [1.165, 1.54) is 10.5 Å². The number of hydrogen-bond donors (Lipinski definition) is 1. The number of hydrogen-bond acceptors (Lipinski definition) is 5. The molecule has 0 spiro atoms. The van der Waals surface area contributed by atoms with Gasteiger partial charge in [0.15, 0.2) is 6.10 Å². The average molecular weight is 390 g/mol. The molecule has 28 heavy (non-hydrogen) atoms. The Morgan fingerprint density at radius 2 is 1.89 bits per heavy atom. The Balaban J connectivity index is 2.03. The summed E-state index contributed by atoms with van der Waals surface area (Å²) in [6.07, 6.45) is -0.232. The Hall–Kier alpha value is -2.57. The van der Waals surface area contributed by atoms with Gasteiger partial charge in [-0.15, -0.1) is 0 Å². The van der Waals surface area contributed by atoms with Gasteiger partial charge in [-0.3, -0.25) is 14.4 Å². The van der Waals surface area contributed by atoms with E-state index in [4.69, 9.17) is 9.47 Å². The van der Waals surface area contributed by atoms with Crippen molar-refractivity contribution in [2.45, 2.75) is 58.6 Å². The van der Waals surface area contributed by atoms with E-state index < -0.39 is 18.1 Å². The van der Waals surface area contributed by atoms with Crippen molar-refractivity contribution in [3.63, 3.8) is 0 Å². The Bertz CT molecular complexity index is 687. The van der Waals surface area contributed by atoms with E-state index in [0.29, 0.717) is 37.8 Å². The lowest BCUT2D eigenvalue weighted by Gasteiger charge is -2.36. The van der Waals surface area contributed by atoms with E-state index in [1.807, 2.05) is 31.2 Å². The van der Waals surface area contributed by atoms with Crippen LogP contribution >= 0.6 is 0 Å². The summed E-state index contributed by atoms with van der Waals surface area (Å²) >= 11 is 0. The molecule has 2 rings (SSSR count). The van der Waals surface area contributed by atoms with E-state index in [2.05, 4.69) is 19.2 Å². The average Bonchev–Trinajstić information content (AvgIpc) is 2.67. The van der Waals surface area contributed by atoms with Gasteiger partial charge in [-0.2, -0.15) is 0 Å². The summed E-state index contributed by atoms with van der Waals surface area (Å²) in [5.41, 5.74) is 1.18.